The molecule has 2 rings (SSSR count). The van der Waals surface area contributed by atoms with Crippen LogP contribution in [0.25, 0.3) is 10.2 Å². The van der Waals surface area contributed by atoms with Gasteiger partial charge in [0, 0.05) is 17.5 Å². The predicted octanol–water partition coefficient (Wildman–Crippen LogP) is 2.61. The zero-order valence-corrected chi connectivity index (χ0v) is 18.7. The van der Waals surface area contributed by atoms with Gasteiger partial charge in [0.15, 0.2) is 5.16 Å². The highest BCUT2D eigenvalue weighted by atomic mass is 32.2. The first-order valence-electron chi connectivity index (χ1n) is 9.44. The second-order valence-electron chi connectivity index (χ2n) is 6.96. The van der Waals surface area contributed by atoms with Crippen molar-refractivity contribution < 1.29 is 9.59 Å². The lowest BCUT2D eigenvalue weighted by Crippen LogP contribution is -2.40. The summed E-state index contributed by atoms with van der Waals surface area (Å²) in [5, 5.41) is 6.55. The average Bonchev–Trinajstić information content (AvgIpc) is 2.91. The Hall–Kier alpha value is -1.87. The number of nitrogens with zero attached hydrogens (tertiary/aromatic N) is 2. The summed E-state index contributed by atoms with van der Waals surface area (Å²) in [4.78, 5) is 43.2. The molecule has 0 spiro atoms. The molecule has 0 atom stereocenters. The number of nitrogens with one attached hydrogen (secondary N) is 2. The smallest absolute Gasteiger partial charge is 0.263 e. The number of hydrogen-bond donors (Lipinski definition) is 2. The predicted molar refractivity (Wildman–Crippen MR) is 115 cm³/mol. The molecule has 0 saturated carbocycles. The second kappa shape index (κ2) is 10.1. The molecule has 7 nitrogen and oxygen atoms in total. The van der Waals surface area contributed by atoms with Crippen LogP contribution < -0.4 is 16.2 Å². The van der Waals surface area contributed by atoms with Crippen LogP contribution in [0.5, 0.6) is 0 Å². The monoisotopic (exact) mass is 424 g/mol. The van der Waals surface area contributed by atoms with E-state index in [0.717, 1.165) is 23.3 Å². The Balaban J connectivity index is 2.15. The molecule has 2 N–H and O–H groups in total. The van der Waals surface area contributed by atoms with E-state index in [0.29, 0.717) is 21.9 Å². The van der Waals surface area contributed by atoms with E-state index in [1.54, 1.807) is 4.57 Å². The number of thioether (sulfide) groups is 1. The third-order valence-electron chi connectivity index (χ3n) is 4.22. The molecule has 0 unspecified atom stereocenters. The Morgan fingerprint density at radius 3 is 2.61 bits per heavy atom. The van der Waals surface area contributed by atoms with Crippen LogP contribution in [-0.2, 0) is 16.1 Å². The number of unbranched alkanes of at least 4 members (excludes halogenated alkanes) is 1. The van der Waals surface area contributed by atoms with Crippen LogP contribution in [0.2, 0.25) is 0 Å². The molecule has 0 fully saturated rings. The topological polar surface area (TPSA) is 93.1 Å². The van der Waals surface area contributed by atoms with Crippen LogP contribution in [0, 0.1) is 13.8 Å². The van der Waals surface area contributed by atoms with Crippen molar-refractivity contribution in [3.8, 4) is 0 Å². The summed E-state index contributed by atoms with van der Waals surface area (Å²) in [7, 11) is 0. The van der Waals surface area contributed by atoms with E-state index in [4.69, 9.17) is 0 Å². The van der Waals surface area contributed by atoms with Gasteiger partial charge in [-0.05, 0) is 39.7 Å². The maximum absolute atomic E-state index is 13.0. The fourth-order valence-electron chi connectivity index (χ4n) is 2.67. The van der Waals surface area contributed by atoms with Crippen molar-refractivity contribution >= 4 is 45.1 Å². The lowest BCUT2D eigenvalue weighted by molar-refractivity contribution is -0.125. The maximum atomic E-state index is 13.0. The largest absolute Gasteiger partial charge is 0.352 e. The summed E-state index contributed by atoms with van der Waals surface area (Å²) in [6.45, 7) is 10.2. The number of thiophene rings is 1. The Morgan fingerprint density at radius 2 is 1.96 bits per heavy atom. The van der Waals surface area contributed by atoms with Crippen molar-refractivity contribution in [1.82, 2.24) is 20.2 Å². The number of aromatic nitrogens is 2. The highest BCUT2D eigenvalue weighted by Gasteiger charge is 2.17. The van der Waals surface area contributed by atoms with E-state index in [9.17, 15) is 14.4 Å². The molecular weight excluding hydrogens is 396 g/mol. The molecule has 2 heterocycles. The first-order valence-corrected chi connectivity index (χ1v) is 11.2. The standard InChI is InChI=1S/C19H28N4O3S2/c1-6-7-8-23-18(26)16-12(4)13(5)28-17(16)22-19(23)27-10-15(25)20-9-14(24)21-11(2)3/h11H,6-10H2,1-5H3,(H,20,25)(H,21,24). The molecule has 0 saturated heterocycles. The minimum atomic E-state index is -0.265. The highest BCUT2D eigenvalue weighted by molar-refractivity contribution is 7.99. The van der Waals surface area contributed by atoms with Gasteiger partial charge in [-0.3, -0.25) is 19.0 Å². The molecule has 0 aliphatic rings. The van der Waals surface area contributed by atoms with Crippen molar-refractivity contribution in [2.45, 2.75) is 65.2 Å². The van der Waals surface area contributed by atoms with Crippen molar-refractivity contribution in [3.63, 3.8) is 0 Å². The van der Waals surface area contributed by atoms with E-state index < -0.39 is 0 Å². The third kappa shape index (κ3) is 5.57. The molecule has 0 aliphatic heterocycles. The Bertz CT molecular complexity index is 918. The summed E-state index contributed by atoms with van der Waals surface area (Å²) in [6, 6.07) is 0.0282. The molecule has 2 aromatic rings. The Morgan fingerprint density at radius 1 is 1.25 bits per heavy atom. The zero-order chi connectivity index (χ0) is 20.8. The lowest BCUT2D eigenvalue weighted by Gasteiger charge is -2.12. The van der Waals surface area contributed by atoms with E-state index in [1.807, 2.05) is 27.7 Å². The van der Waals surface area contributed by atoms with Gasteiger partial charge in [0.2, 0.25) is 11.8 Å². The van der Waals surface area contributed by atoms with Crippen LogP contribution in [0.1, 0.15) is 44.1 Å². The first kappa shape index (κ1) is 22.4. The van der Waals surface area contributed by atoms with E-state index in [-0.39, 0.29) is 35.7 Å². The van der Waals surface area contributed by atoms with Crippen molar-refractivity contribution in [3.05, 3.63) is 20.8 Å². The van der Waals surface area contributed by atoms with E-state index in [1.165, 1.54) is 23.1 Å². The third-order valence-corrected chi connectivity index (χ3v) is 6.29. The summed E-state index contributed by atoms with van der Waals surface area (Å²) in [5.41, 5.74) is 0.938. The number of carbonyl (C=O) groups is 2. The molecule has 154 valence electrons. The van der Waals surface area contributed by atoms with Crippen LogP contribution in [-0.4, -0.2) is 39.7 Å². The van der Waals surface area contributed by atoms with E-state index >= 15 is 0 Å². The average molecular weight is 425 g/mol. The first-order chi connectivity index (χ1) is 13.2. The molecule has 0 aliphatic carbocycles. The molecule has 2 aromatic heterocycles. The number of amides is 2. The molecular formula is C19H28N4O3S2. The highest BCUT2D eigenvalue weighted by Crippen LogP contribution is 2.28. The Labute approximate surface area is 173 Å². The van der Waals surface area contributed by atoms with Crippen molar-refractivity contribution in [1.29, 1.82) is 0 Å². The fourth-order valence-corrected chi connectivity index (χ4v) is 4.59. The van der Waals surface area contributed by atoms with Crippen molar-refractivity contribution in [2.75, 3.05) is 12.3 Å². The van der Waals surface area contributed by atoms with Gasteiger partial charge in [0.1, 0.15) is 4.83 Å². The minimum Gasteiger partial charge on any atom is -0.352 e. The quantitative estimate of drug-likeness (QED) is 0.477. The van der Waals surface area contributed by atoms with Crippen LogP contribution >= 0.6 is 23.1 Å². The van der Waals surface area contributed by atoms with Crippen molar-refractivity contribution in [2.24, 2.45) is 0 Å². The zero-order valence-electron chi connectivity index (χ0n) is 17.0. The van der Waals surface area contributed by atoms with Gasteiger partial charge >= 0.3 is 0 Å². The van der Waals surface area contributed by atoms with Crippen LogP contribution in [0.3, 0.4) is 0 Å². The molecule has 0 radical (unpaired) electrons. The normalized spacial score (nSPS) is 11.2. The van der Waals surface area contributed by atoms with Gasteiger partial charge in [-0.25, -0.2) is 4.98 Å². The fraction of sp³-hybridized carbons (Fsp3) is 0.579. The van der Waals surface area contributed by atoms with E-state index in [2.05, 4.69) is 22.5 Å². The summed E-state index contributed by atoms with van der Waals surface area (Å²) in [5.74, 6) is -0.390. The molecule has 0 aromatic carbocycles. The maximum Gasteiger partial charge on any atom is 0.263 e. The summed E-state index contributed by atoms with van der Waals surface area (Å²) >= 11 is 2.73. The number of carbonyl (C=O) groups excluding carboxylic acids is 2. The molecule has 28 heavy (non-hydrogen) atoms. The van der Waals surface area contributed by atoms with Gasteiger partial charge < -0.3 is 10.6 Å². The lowest BCUT2D eigenvalue weighted by atomic mass is 10.2. The minimum absolute atomic E-state index is 0.0282. The van der Waals surface area contributed by atoms with Gasteiger partial charge in [0.05, 0.1) is 17.7 Å². The van der Waals surface area contributed by atoms with Gasteiger partial charge in [-0.15, -0.1) is 11.3 Å². The number of fused-ring (bicyclic) bond motifs is 1. The molecule has 0 bridgehead atoms. The van der Waals surface area contributed by atoms with Gasteiger partial charge in [-0.2, -0.15) is 0 Å². The summed E-state index contributed by atoms with van der Waals surface area (Å²) in [6.07, 6.45) is 1.83. The Kier molecular flexibility index (Phi) is 8.06. The van der Waals surface area contributed by atoms with Gasteiger partial charge in [0.25, 0.3) is 5.56 Å². The molecule has 9 heteroatoms. The molecule has 2 amide bonds. The second-order valence-corrected chi connectivity index (χ2v) is 9.10. The van der Waals surface area contributed by atoms with Gasteiger partial charge in [-0.1, -0.05) is 25.1 Å². The van der Waals surface area contributed by atoms with Crippen LogP contribution in [0.15, 0.2) is 9.95 Å². The van der Waals surface area contributed by atoms with Crippen LogP contribution in [0.4, 0.5) is 0 Å². The summed E-state index contributed by atoms with van der Waals surface area (Å²) < 4.78 is 1.68. The number of aryl methyl sites for hydroxylation is 2. The number of hydrogen-bond acceptors (Lipinski definition) is 6. The number of rotatable bonds is 9. The SMILES string of the molecule is CCCCn1c(SCC(=O)NCC(=O)NC(C)C)nc2sc(C)c(C)c2c1=O.